The second-order valence-electron chi connectivity index (χ2n) is 5.81. The summed E-state index contributed by atoms with van der Waals surface area (Å²) in [4.78, 5) is 12.3. The molecule has 3 nitrogen and oxygen atoms in total. The summed E-state index contributed by atoms with van der Waals surface area (Å²) in [7, 11) is 0. The smallest absolute Gasteiger partial charge is 0.268 e. The van der Waals surface area contributed by atoms with Gasteiger partial charge in [0.2, 0.25) is 0 Å². The fourth-order valence-electron chi connectivity index (χ4n) is 2.41. The van der Waals surface area contributed by atoms with Crippen LogP contribution in [0.5, 0.6) is 0 Å². The third-order valence-corrected chi connectivity index (χ3v) is 4.25. The first-order chi connectivity index (χ1) is 9.01. The van der Waals surface area contributed by atoms with Crippen molar-refractivity contribution in [1.29, 1.82) is 0 Å². The van der Waals surface area contributed by atoms with Crippen LogP contribution in [-0.4, -0.2) is 16.5 Å². The molecule has 1 fully saturated rings. The third kappa shape index (κ3) is 3.85. The zero-order valence-corrected chi connectivity index (χ0v) is 13.5. The largest absolute Gasteiger partial charge is 0.348 e. The predicted molar refractivity (Wildman–Crippen MR) is 81.4 cm³/mol. The second kappa shape index (κ2) is 6.12. The van der Waals surface area contributed by atoms with Crippen LogP contribution in [0.1, 0.15) is 63.0 Å². The highest BCUT2D eigenvalue weighted by Gasteiger charge is 2.28. The molecule has 106 valence electrons. The van der Waals surface area contributed by atoms with Gasteiger partial charge in [0.25, 0.3) is 5.91 Å². The number of amides is 1. The van der Waals surface area contributed by atoms with Crippen LogP contribution in [-0.2, 0) is 0 Å². The van der Waals surface area contributed by atoms with E-state index >= 15 is 0 Å². The first-order valence-corrected chi connectivity index (χ1v) is 7.98. The van der Waals surface area contributed by atoms with Gasteiger partial charge in [0.15, 0.2) is 0 Å². The molecule has 1 aromatic rings. The SMILES string of the molecule is CCC(C)CC(C)NC(=O)c1cc(Br)cn1C1CC1. The first-order valence-electron chi connectivity index (χ1n) is 7.19. The van der Waals surface area contributed by atoms with Gasteiger partial charge in [-0.1, -0.05) is 20.3 Å². The number of carbonyl (C=O) groups excluding carboxylic acids is 1. The second-order valence-corrected chi connectivity index (χ2v) is 6.72. The molecular weight excluding hydrogens is 304 g/mol. The summed E-state index contributed by atoms with van der Waals surface area (Å²) < 4.78 is 3.09. The van der Waals surface area contributed by atoms with Crippen molar-refractivity contribution in [3.63, 3.8) is 0 Å². The van der Waals surface area contributed by atoms with E-state index in [9.17, 15) is 4.79 Å². The third-order valence-electron chi connectivity index (χ3n) is 3.82. The van der Waals surface area contributed by atoms with E-state index in [1.165, 1.54) is 12.8 Å². The van der Waals surface area contributed by atoms with E-state index in [-0.39, 0.29) is 11.9 Å². The summed E-state index contributed by atoms with van der Waals surface area (Å²) in [5.74, 6) is 0.700. The van der Waals surface area contributed by atoms with Crippen molar-refractivity contribution in [3.8, 4) is 0 Å². The van der Waals surface area contributed by atoms with Gasteiger partial charge in [-0.2, -0.15) is 0 Å². The van der Waals surface area contributed by atoms with Gasteiger partial charge in [-0.15, -0.1) is 0 Å². The van der Waals surface area contributed by atoms with E-state index in [1.54, 1.807) is 0 Å². The number of aromatic nitrogens is 1. The van der Waals surface area contributed by atoms with Gasteiger partial charge in [-0.05, 0) is 54.1 Å². The van der Waals surface area contributed by atoms with Crippen LogP contribution in [0.2, 0.25) is 0 Å². The number of nitrogens with zero attached hydrogens (tertiary/aromatic N) is 1. The molecule has 1 amide bonds. The molecule has 0 radical (unpaired) electrons. The Kier molecular flexibility index (Phi) is 4.71. The Labute approximate surface area is 123 Å². The monoisotopic (exact) mass is 326 g/mol. The highest BCUT2D eigenvalue weighted by Crippen LogP contribution is 2.37. The Balaban J connectivity index is 1.99. The Bertz CT molecular complexity index is 451. The number of nitrogens with one attached hydrogen (secondary N) is 1. The molecule has 1 heterocycles. The molecule has 19 heavy (non-hydrogen) atoms. The predicted octanol–water partition coefficient (Wildman–Crippen LogP) is 4.14. The van der Waals surface area contributed by atoms with Crippen molar-refractivity contribution in [2.45, 2.75) is 58.5 Å². The minimum atomic E-state index is 0.0494. The van der Waals surface area contributed by atoms with Crippen LogP contribution in [0.25, 0.3) is 0 Å². The summed E-state index contributed by atoms with van der Waals surface area (Å²) in [5, 5.41) is 3.12. The standard InChI is InChI=1S/C15H23BrN2O/c1-4-10(2)7-11(3)17-15(19)14-8-12(16)9-18(14)13-5-6-13/h8-11,13H,4-7H2,1-3H3,(H,17,19). The molecule has 2 atom stereocenters. The van der Waals surface area contributed by atoms with Crippen LogP contribution in [0.15, 0.2) is 16.7 Å². The number of hydrogen-bond donors (Lipinski definition) is 1. The first kappa shape index (κ1) is 14.6. The molecule has 0 aliphatic heterocycles. The molecule has 1 aromatic heterocycles. The quantitative estimate of drug-likeness (QED) is 0.837. The lowest BCUT2D eigenvalue weighted by Gasteiger charge is -2.18. The van der Waals surface area contributed by atoms with E-state index in [2.05, 4.69) is 46.6 Å². The summed E-state index contributed by atoms with van der Waals surface area (Å²) in [6, 6.07) is 2.67. The molecule has 2 unspecified atom stereocenters. The van der Waals surface area contributed by atoms with E-state index < -0.39 is 0 Å². The zero-order valence-electron chi connectivity index (χ0n) is 11.9. The van der Waals surface area contributed by atoms with Gasteiger partial charge in [-0.25, -0.2) is 0 Å². The van der Waals surface area contributed by atoms with Crippen molar-refractivity contribution in [2.75, 3.05) is 0 Å². The van der Waals surface area contributed by atoms with Crippen LogP contribution in [0.4, 0.5) is 0 Å². The van der Waals surface area contributed by atoms with Gasteiger partial charge in [0.1, 0.15) is 5.69 Å². The summed E-state index contributed by atoms with van der Waals surface area (Å²) in [6.07, 6.45) is 6.58. The zero-order chi connectivity index (χ0) is 14.0. The summed E-state index contributed by atoms with van der Waals surface area (Å²) >= 11 is 3.46. The number of rotatable bonds is 6. The van der Waals surface area contributed by atoms with Crippen molar-refractivity contribution in [2.24, 2.45) is 5.92 Å². The lowest BCUT2D eigenvalue weighted by atomic mass is 10.0. The van der Waals surface area contributed by atoms with Crippen molar-refractivity contribution in [1.82, 2.24) is 9.88 Å². The van der Waals surface area contributed by atoms with Gasteiger partial charge >= 0.3 is 0 Å². The van der Waals surface area contributed by atoms with E-state index in [0.29, 0.717) is 12.0 Å². The van der Waals surface area contributed by atoms with Crippen molar-refractivity contribution in [3.05, 3.63) is 22.4 Å². The minimum absolute atomic E-state index is 0.0494. The van der Waals surface area contributed by atoms with Gasteiger partial charge in [0.05, 0.1) is 0 Å². The molecule has 0 saturated heterocycles. The summed E-state index contributed by atoms with van der Waals surface area (Å²) in [5.41, 5.74) is 0.783. The maximum absolute atomic E-state index is 12.3. The fourth-order valence-corrected chi connectivity index (χ4v) is 2.85. The fraction of sp³-hybridized carbons (Fsp3) is 0.667. The Morgan fingerprint density at radius 3 is 2.79 bits per heavy atom. The van der Waals surface area contributed by atoms with Gasteiger partial charge in [-0.3, -0.25) is 4.79 Å². The Morgan fingerprint density at radius 2 is 2.21 bits per heavy atom. The topological polar surface area (TPSA) is 34.0 Å². The minimum Gasteiger partial charge on any atom is -0.348 e. The highest BCUT2D eigenvalue weighted by atomic mass is 79.9. The molecule has 0 aromatic carbocycles. The number of carbonyl (C=O) groups is 1. The van der Waals surface area contributed by atoms with Crippen LogP contribution >= 0.6 is 15.9 Å². The molecular formula is C15H23BrN2O. The number of halogens is 1. The summed E-state index contributed by atoms with van der Waals surface area (Å²) in [6.45, 7) is 6.50. The van der Waals surface area contributed by atoms with E-state index in [1.807, 2.05) is 12.3 Å². The Hall–Kier alpha value is -0.770. The molecule has 4 heteroatoms. The molecule has 0 spiro atoms. The molecule has 1 aliphatic carbocycles. The van der Waals surface area contributed by atoms with Crippen molar-refractivity contribution >= 4 is 21.8 Å². The van der Waals surface area contributed by atoms with Gasteiger partial charge in [0, 0.05) is 22.8 Å². The average Bonchev–Trinajstić information content (AvgIpc) is 3.11. The Morgan fingerprint density at radius 1 is 1.53 bits per heavy atom. The van der Waals surface area contributed by atoms with Crippen LogP contribution in [0.3, 0.4) is 0 Å². The lowest BCUT2D eigenvalue weighted by molar-refractivity contribution is 0.0925. The van der Waals surface area contributed by atoms with Gasteiger partial charge < -0.3 is 9.88 Å². The van der Waals surface area contributed by atoms with Crippen LogP contribution < -0.4 is 5.32 Å². The molecule has 0 bridgehead atoms. The average molecular weight is 327 g/mol. The lowest BCUT2D eigenvalue weighted by Crippen LogP contribution is -2.34. The normalized spacial score (nSPS) is 18.1. The molecule has 2 rings (SSSR count). The maximum atomic E-state index is 12.3. The molecule has 1 saturated carbocycles. The van der Waals surface area contributed by atoms with Crippen molar-refractivity contribution < 1.29 is 4.79 Å². The van der Waals surface area contributed by atoms with Crippen LogP contribution in [0, 0.1) is 5.92 Å². The maximum Gasteiger partial charge on any atom is 0.268 e. The molecule has 1 N–H and O–H groups in total. The molecule has 1 aliphatic rings. The van der Waals surface area contributed by atoms with E-state index in [0.717, 1.165) is 23.0 Å². The van der Waals surface area contributed by atoms with E-state index in [4.69, 9.17) is 0 Å². The number of hydrogen-bond acceptors (Lipinski definition) is 1. The highest BCUT2D eigenvalue weighted by molar-refractivity contribution is 9.10.